The topological polar surface area (TPSA) is 0 Å². The van der Waals surface area contributed by atoms with Gasteiger partial charge in [0.25, 0.3) is 0 Å². The highest BCUT2D eigenvalue weighted by atomic mass is 79.9. The summed E-state index contributed by atoms with van der Waals surface area (Å²) in [5.74, 6) is 0. The van der Waals surface area contributed by atoms with Gasteiger partial charge in [0, 0.05) is 5.54 Å². The van der Waals surface area contributed by atoms with Crippen molar-refractivity contribution in [1.29, 1.82) is 0 Å². The van der Waals surface area contributed by atoms with Crippen molar-refractivity contribution in [2.45, 2.75) is 44.3 Å². The van der Waals surface area contributed by atoms with Crippen LogP contribution in [0.1, 0.15) is 25.7 Å². The van der Waals surface area contributed by atoms with Crippen molar-refractivity contribution >= 4 is 22.0 Å². The Labute approximate surface area is 89.7 Å². The van der Waals surface area contributed by atoms with E-state index in [9.17, 15) is 0 Å². The lowest BCUT2D eigenvalue weighted by Gasteiger charge is -2.27. The van der Waals surface area contributed by atoms with Crippen LogP contribution in [-0.2, 0) is 0 Å². The summed E-state index contributed by atoms with van der Waals surface area (Å²) in [7, 11) is 0. The number of hydrogen-bond acceptors (Lipinski definition) is 0. The van der Waals surface area contributed by atoms with Crippen LogP contribution in [0.25, 0.3) is 0 Å². The van der Waals surface area contributed by atoms with Crippen molar-refractivity contribution in [2.75, 3.05) is 0 Å². The number of hydrogen-bond donors (Lipinski definition) is 0. The van der Waals surface area contributed by atoms with Crippen molar-refractivity contribution in [3.8, 4) is 0 Å². The molecule has 0 aromatic heterocycles. The molecule has 1 atom stereocenters. The van der Waals surface area contributed by atoms with Gasteiger partial charge in [-0.1, -0.05) is 30.8 Å². The predicted molar refractivity (Wildman–Crippen MR) is 64.8 cm³/mol. The Morgan fingerprint density at radius 2 is 2.00 bits per heavy atom. The molecule has 0 nitrogen and oxygen atoms in total. The fourth-order valence-corrected chi connectivity index (χ4v) is 5.47. The molecule has 0 saturated heterocycles. The molecule has 0 N–H and O–H groups in total. The predicted octanol–water partition coefficient (Wildman–Crippen LogP) is 4.40. The summed E-state index contributed by atoms with van der Waals surface area (Å²) in [4.78, 5) is 0. The van der Waals surface area contributed by atoms with Gasteiger partial charge in [-0.3, -0.25) is 0 Å². The molecular weight excluding hydrogens is 240 g/mol. The first kappa shape index (κ1) is 9.72. The molecule has 2 aliphatic carbocycles. The van der Waals surface area contributed by atoms with Gasteiger partial charge in [-0.25, -0.2) is 0 Å². The summed E-state index contributed by atoms with van der Waals surface area (Å²) in [5, 5.41) is 0. The highest BCUT2D eigenvalue weighted by molar-refractivity contribution is 9.26. The second-order valence-corrected chi connectivity index (χ2v) is 14.5. The van der Waals surface area contributed by atoms with Gasteiger partial charge in [0.05, 0.1) is 0 Å². The molecule has 2 rings (SSSR count). The second-order valence-electron chi connectivity index (χ2n) is 4.66. The van der Waals surface area contributed by atoms with Gasteiger partial charge >= 0.3 is 0 Å². The maximum atomic E-state index is 3.92. The molecule has 0 spiro atoms. The molecule has 1 unspecified atom stereocenters. The third-order valence-corrected chi connectivity index (χ3v) is 6.66. The Balaban J connectivity index is 2.26. The quantitative estimate of drug-likeness (QED) is 0.482. The van der Waals surface area contributed by atoms with Crippen LogP contribution in [0, 0.1) is 0 Å². The zero-order valence-electron chi connectivity index (χ0n) is 8.44. The van der Waals surface area contributed by atoms with Crippen LogP contribution in [0.15, 0.2) is 23.3 Å². The maximum absolute atomic E-state index is 3.92. The van der Waals surface area contributed by atoms with Gasteiger partial charge in [-0.15, -0.1) is 15.3 Å². The van der Waals surface area contributed by atoms with Gasteiger partial charge in [0.2, 0.25) is 0 Å². The van der Waals surface area contributed by atoms with E-state index in [2.05, 4.69) is 40.5 Å². The Morgan fingerprint density at radius 3 is 2.69 bits per heavy atom. The minimum Gasteiger partial charge on any atom is -0.126 e. The molecule has 0 fully saturated rings. The van der Waals surface area contributed by atoms with Gasteiger partial charge < -0.3 is 0 Å². The fourth-order valence-electron chi connectivity index (χ4n) is 2.47. The fraction of sp³-hybridized carbons (Fsp3) is 0.636. The van der Waals surface area contributed by atoms with E-state index in [0.29, 0.717) is 0 Å². The molecule has 0 radical (unpaired) electrons. The second kappa shape index (κ2) is 3.39. The van der Waals surface area contributed by atoms with Gasteiger partial charge in [0.1, 0.15) is 6.69 Å². The van der Waals surface area contributed by atoms with Gasteiger partial charge in [0.15, 0.2) is 0 Å². The smallest absolute Gasteiger partial charge is 0.126 e. The van der Waals surface area contributed by atoms with Crippen molar-refractivity contribution in [1.82, 2.24) is 0 Å². The van der Waals surface area contributed by atoms with Crippen LogP contribution >= 0.6 is 15.3 Å². The lowest BCUT2D eigenvalue weighted by Crippen LogP contribution is -2.24. The Bertz CT molecular complexity index is 270. The van der Waals surface area contributed by atoms with Crippen LogP contribution < -0.4 is 0 Å². The van der Waals surface area contributed by atoms with E-state index in [-0.39, 0.29) is 0 Å². The van der Waals surface area contributed by atoms with Gasteiger partial charge in [-0.2, -0.15) is 0 Å². The molecule has 72 valence electrons. The average molecular weight is 257 g/mol. The summed E-state index contributed by atoms with van der Waals surface area (Å²) < 4.78 is 0. The van der Waals surface area contributed by atoms with E-state index >= 15 is 0 Å². The first-order valence-electron chi connectivity index (χ1n) is 5.18. The van der Waals surface area contributed by atoms with Crippen molar-refractivity contribution < 1.29 is 0 Å². The van der Waals surface area contributed by atoms with E-state index in [4.69, 9.17) is 0 Å². The summed E-state index contributed by atoms with van der Waals surface area (Å²) in [6.45, 7) is 3.65. The summed E-state index contributed by atoms with van der Waals surface area (Å²) >= 11 is 3.92. The zero-order valence-corrected chi connectivity index (χ0v) is 11.0. The Kier molecular flexibility index (Phi) is 2.54. The molecule has 0 aliphatic heterocycles. The van der Waals surface area contributed by atoms with Crippen molar-refractivity contribution in [3.05, 3.63) is 23.3 Å². The standard InChI is InChI=1S/C11H17BrSi/c1-13(2,12)11-8-7-9-5-3-4-6-10(9)11/h7-8,11H,3-6H2,1-2H3. The number of allylic oxidation sites excluding steroid dienone is 4. The molecule has 2 aliphatic rings. The number of rotatable bonds is 1. The molecule has 0 aromatic rings. The minimum absolute atomic E-state index is 0.780. The summed E-state index contributed by atoms with van der Waals surface area (Å²) in [5.41, 5.74) is 4.21. The molecule has 0 bridgehead atoms. The monoisotopic (exact) mass is 256 g/mol. The molecular formula is C11H17BrSi. The average Bonchev–Trinajstić information content (AvgIpc) is 2.45. The van der Waals surface area contributed by atoms with Crippen molar-refractivity contribution in [3.63, 3.8) is 0 Å². The van der Waals surface area contributed by atoms with Crippen LogP contribution in [0.4, 0.5) is 0 Å². The molecule has 0 saturated carbocycles. The summed E-state index contributed by atoms with van der Waals surface area (Å²) in [6, 6.07) is 0. The van der Waals surface area contributed by atoms with E-state index in [1.165, 1.54) is 25.7 Å². The molecule has 0 aromatic carbocycles. The molecule has 0 heterocycles. The van der Waals surface area contributed by atoms with E-state index in [0.717, 1.165) is 5.54 Å². The van der Waals surface area contributed by atoms with Gasteiger partial charge in [-0.05, 0) is 31.3 Å². The first-order valence-corrected chi connectivity index (χ1v) is 10.5. The summed E-state index contributed by atoms with van der Waals surface area (Å²) in [6.07, 6.45) is 10.3. The highest BCUT2D eigenvalue weighted by Gasteiger charge is 2.34. The van der Waals surface area contributed by atoms with E-state index in [1.807, 2.05) is 0 Å². The van der Waals surface area contributed by atoms with Crippen LogP contribution in [-0.4, -0.2) is 6.69 Å². The Hall–Kier alpha value is 0.177. The largest absolute Gasteiger partial charge is 0.135 e. The molecule has 2 heteroatoms. The van der Waals surface area contributed by atoms with Crippen LogP contribution in [0.3, 0.4) is 0 Å². The normalized spacial score (nSPS) is 28.1. The minimum atomic E-state index is -1.16. The number of halogens is 1. The lowest BCUT2D eigenvalue weighted by atomic mass is 9.94. The molecule has 0 amide bonds. The third-order valence-electron chi connectivity index (χ3n) is 3.16. The first-order chi connectivity index (χ1) is 6.09. The van der Waals surface area contributed by atoms with Crippen LogP contribution in [0.5, 0.6) is 0 Å². The van der Waals surface area contributed by atoms with E-state index < -0.39 is 6.69 Å². The van der Waals surface area contributed by atoms with Crippen LogP contribution in [0.2, 0.25) is 18.6 Å². The van der Waals surface area contributed by atoms with E-state index in [1.54, 1.807) is 11.1 Å². The highest BCUT2D eigenvalue weighted by Crippen LogP contribution is 2.46. The molecule has 13 heavy (non-hydrogen) atoms. The maximum Gasteiger partial charge on any atom is 0.135 e. The third kappa shape index (κ3) is 1.84. The lowest BCUT2D eigenvalue weighted by molar-refractivity contribution is 0.679. The Morgan fingerprint density at radius 1 is 1.31 bits per heavy atom. The van der Waals surface area contributed by atoms with Crippen molar-refractivity contribution in [2.24, 2.45) is 0 Å². The SMILES string of the molecule is C[Si](C)(Br)C1C=CC2=C1CCCC2. The zero-order chi connectivity index (χ0) is 9.47.